The van der Waals surface area contributed by atoms with Gasteiger partial charge in [-0.3, -0.25) is 4.79 Å². The summed E-state index contributed by atoms with van der Waals surface area (Å²) < 4.78 is 5.00. The van der Waals surface area contributed by atoms with E-state index in [0.29, 0.717) is 41.8 Å². The van der Waals surface area contributed by atoms with Gasteiger partial charge in [-0.2, -0.15) is 4.98 Å². The van der Waals surface area contributed by atoms with Gasteiger partial charge in [0.25, 0.3) is 0 Å². The number of carbonyl (C=O) groups excluding carboxylic acids is 1. The van der Waals surface area contributed by atoms with Crippen molar-refractivity contribution in [3.63, 3.8) is 0 Å². The number of carbonyl (C=O) groups is 1. The van der Waals surface area contributed by atoms with Crippen molar-refractivity contribution in [1.29, 1.82) is 0 Å². The monoisotopic (exact) mass is 294 g/mol. The van der Waals surface area contributed by atoms with Crippen LogP contribution >= 0.6 is 11.6 Å². The fourth-order valence-electron chi connectivity index (χ4n) is 1.70. The number of benzene rings is 1. The van der Waals surface area contributed by atoms with Gasteiger partial charge in [-0.05, 0) is 24.6 Å². The Balaban J connectivity index is 1.83. The summed E-state index contributed by atoms with van der Waals surface area (Å²) in [5, 5.41) is 7.45. The quantitative estimate of drug-likeness (QED) is 0.787. The molecule has 0 atom stereocenters. The molecule has 20 heavy (non-hydrogen) atoms. The van der Waals surface area contributed by atoms with Crippen LogP contribution < -0.4 is 11.1 Å². The van der Waals surface area contributed by atoms with Crippen LogP contribution in [0, 0.1) is 6.92 Å². The predicted octanol–water partition coefficient (Wildman–Crippen LogP) is 1.46. The molecule has 1 amide bonds. The summed E-state index contributed by atoms with van der Waals surface area (Å²) in [6, 6.07) is 5.02. The molecule has 1 heterocycles. The normalized spacial score (nSPS) is 10.7. The molecule has 6 nitrogen and oxygen atoms in total. The SMILES string of the molecule is Cc1noc(CCNCc2ccc(C(N)=O)cc2Cl)n1. The molecule has 2 aromatic rings. The lowest BCUT2D eigenvalue weighted by atomic mass is 10.1. The van der Waals surface area contributed by atoms with Crippen molar-refractivity contribution in [1.82, 2.24) is 15.5 Å². The van der Waals surface area contributed by atoms with E-state index in [1.165, 1.54) is 0 Å². The first-order chi connectivity index (χ1) is 9.56. The highest BCUT2D eigenvalue weighted by Gasteiger charge is 2.06. The highest BCUT2D eigenvalue weighted by atomic mass is 35.5. The lowest BCUT2D eigenvalue weighted by Crippen LogP contribution is -2.17. The smallest absolute Gasteiger partial charge is 0.248 e. The number of hydrogen-bond acceptors (Lipinski definition) is 5. The van der Waals surface area contributed by atoms with E-state index in [0.717, 1.165) is 5.56 Å². The van der Waals surface area contributed by atoms with Crippen LogP contribution in [0.15, 0.2) is 22.7 Å². The largest absolute Gasteiger partial charge is 0.366 e. The Morgan fingerprint density at radius 2 is 2.30 bits per heavy atom. The van der Waals surface area contributed by atoms with E-state index in [4.69, 9.17) is 21.9 Å². The lowest BCUT2D eigenvalue weighted by Gasteiger charge is -2.06. The van der Waals surface area contributed by atoms with Crippen LogP contribution in [0.4, 0.5) is 0 Å². The highest BCUT2D eigenvalue weighted by molar-refractivity contribution is 6.31. The van der Waals surface area contributed by atoms with Crippen LogP contribution in [-0.2, 0) is 13.0 Å². The molecule has 2 rings (SSSR count). The molecule has 3 N–H and O–H groups in total. The molecule has 0 aliphatic heterocycles. The van der Waals surface area contributed by atoms with Crippen molar-refractivity contribution in [3.05, 3.63) is 46.1 Å². The molecule has 0 saturated heterocycles. The van der Waals surface area contributed by atoms with Crippen LogP contribution in [0.2, 0.25) is 5.02 Å². The van der Waals surface area contributed by atoms with Crippen molar-refractivity contribution in [2.45, 2.75) is 19.9 Å². The van der Waals surface area contributed by atoms with Gasteiger partial charge in [0.1, 0.15) is 0 Å². The maximum atomic E-state index is 11.0. The van der Waals surface area contributed by atoms with Crippen LogP contribution in [0.25, 0.3) is 0 Å². The summed E-state index contributed by atoms with van der Waals surface area (Å²) in [6.45, 7) is 3.06. The number of amides is 1. The fraction of sp³-hybridized carbons (Fsp3) is 0.308. The number of halogens is 1. The molecule has 0 spiro atoms. The van der Waals surface area contributed by atoms with Gasteiger partial charge in [0, 0.05) is 30.1 Å². The summed E-state index contributed by atoms with van der Waals surface area (Å²) in [4.78, 5) is 15.1. The van der Waals surface area contributed by atoms with Crippen molar-refractivity contribution in [3.8, 4) is 0 Å². The number of rotatable bonds is 6. The molecule has 1 aromatic carbocycles. The Kier molecular flexibility index (Phi) is 4.70. The average Bonchev–Trinajstić information content (AvgIpc) is 2.81. The number of hydrogen-bond donors (Lipinski definition) is 2. The maximum Gasteiger partial charge on any atom is 0.248 e. The Hall–Kier alpha value is -1.92. The highest BCUT2D eigenvalue weighted by Crippen LogP contribution is 2.17. The minimum Gasteiger partial charge on any atom is -0.366 e. The molecule has 1 aromatic heterocycles. The molecule has 0 aliphatic carbocycles. The average molecular weight is 295 g/mol. The zero-order valence-corrected chi connectivity index (χ0v) is 11.8. The van der Waals surface area contributed by atoms with E-state index in [1.807, 2.05) is 0 Å². The third-order valence-corrected chi connectivity index (χ3v) is 3.09. The van der Waals surface area contributed by atoms with E-state index >= 15 is 0 Å². The summed E-state index contributed by atoms with van der Waals surface area (Å²) in [5.74, 6) is 0.744. The van der Waals surface area contributed by atoms with Gasteiger partial charge in [0.2, 0.25) is 11.8 Å². The molecule has 0 radical (unpaired) electrons. The summed E-state index contributed by atoms with van der Waals surface area (Å²) in [7, 11) is 0. The molecular weight excluding hydrogens is 280 g/mol. The molecule has 0 saturated carbocycles. The summed E-state index contributed by atoms with van der Waals surface area (Å²) in [5.41, 5.74) is 6.49. The Labute approximate surface area is 121 Å². The van der Waals surface area contributed by atoms with Crippen LogP contribution in [-0.4, -0.2) is 22.6 Å². The van der Waals surface area contributed by atoms with E-state index in [9.17, 15) is 4.79 Å². The number of nitrogens with one attached hydrogen (secondary N) is 1. The molecule has 0 aliphatic rings. The Morgan fingerprint density at radius 3 is 2.90 bits per heavy atom. The fourth-order valence-corrected chi connectivity index (χ4v) is 1.95. The number of primary amides is 1. The van der Waals surface area contributed by atoms with Crippen molar-refractivity contribution >= 4 is 17.5 Å². The molecule has 106 valence electrons. The van der Waals surface area contributed by atoms with Gasteiger partial charge in [0.15, 0.2) is 5.82 Å². The lowest BCUT2D eigenvalue weighted by molar-refractivity contribution is 0.100. The van der Waals surface area contributed by atoms with Crippen LogP contribution in [0.1, 0.15) is 27.6 Å². The number of aryl methyl sites for hydroxylation is 1. The zero-order chi connectivity index (χ0) is 14.5. The zero-order valence-electron chi connectivity index (χ0n) is 11.0. The standard InChI is InChI=1S/C13H15ClN4O2/c1-8-17-12(20-18-8)4-5-16-7-10-3-2-9(13(15)19)6-11(10)14/h2-3,6,16H,4-5,7H2,1H3,(H2,15,19). The topological polar surface area (TPSA) is 94.0 Å². The first-order valence-corrected chi connectivity index (χ1v) is 6.52. The van der Waals surface area contributed by atoms with E-state index in [1.54, 1.807) is 25.1 Å². The molecule has 0 fully saturated rings. The van der Waals surface area contributed by atoms with Crippen molar-refractivity contribution < 1.29 is 9.32 Å². The van der Waals surface area contributed by atoms with E-state index < -0.39 is 5.91 Å². The maximum absolute atomic E-state index is 11.0. The number of aromatic nitrogens is 2. The Morgan fingerprint density at radius 1 is 1.50 bits per heavy atom. The second-order valence-corrected chi connectivity index (χ2v) is 4.74. The van der Waals surface area contributed by atoms with Gasteiger partial charge >= 0.3 is 0 Å². The number of nitrogens with two attached hydrogens (primary N) is 1. The van der Waals surface area contributed by atoms with Gasteiger partial charge in [-0.25, -0.2) is 0 Å². The summed E-state index contributed by atoms with van der Waals surface area (Å²) in [6.07, 6.45) is 0.651. The van der Waals surface area contributed by atoms with E-state index in [-0.39, 0.29) is 0 Å². The summed E-state index contributed by atoms with van der Waals surface area (Å²) >= 11 is 6.08. The molecule has 7 heteroatoms. The minimum absolute atomic E-state index is 0.403. The molecule has 0 unspecified atom stereocenters. The van der Waals surface area contributed by atoms with Crippen molar-refractivity contribution in [2.75, 3.05) is 6.54 Å². The predicted molar refractivity (Wildman–Crippen MR) is 74.4 cm³/mol. The van der Waals surface area contributed by atoms with Gasteiger partial charge in [0.05, 0.1) is 0 Å². The van der Waals surface area contributed by atoms with Gasteiger partial charge in [-0.15, -0.1) is 0 Å². The van der Waals surface area contributed by atoms with E-state index in [2.05, 4.69) is 15.5 Å². The number of nitrogens with zero attached hydrogens (tertiary/aromatic N) is 2. The first-order valence-electron chi connectivity index (χ1n) is 6.14. The van der Waals surface area contributed by atoms with Crippen LogP contribution in [0.5, 0.6) is 0 Å². The third kappa shape index (κ3) is 3.79. The Bertz CT molecular complexity index is 612. The van der Waals surface area contributed by atoms with Gasteiger partial charge in [-0.1, -0.05) is 22.8 Å². The molecule has 0 bridgehead atoms. The van der Waals surface area contributed by atoms with Crippen LogP contribution in [0.3, 0.4) is 0 Å². The van der Waals surface area contributed by atoms with Gasteiger partial charge < -0.3 is 15.6 Å². The first kappa shape index (κ1) is 14.5. The second-order valence-electron chi connectivity index (χ2n) is 4.33. The third-order valence-electron chi connectivity index (χ3n) is 2.74. The van der Waals surface area contributed by atoms with Crippen molar-refractivity contribution in [2.24, 2.45) is 5.73 Å². The second kappa shape index (κ2) is 6.49. The minimum atomic E-state index is -0.488. The molecular formula is C13H15ClN4O2.